The first-order valence-corrected chi connectivity index (χ1v) is 43.7. The molecule has 0 spiro atoms. The molecule has 126 heavy (non-hydrogen) atoms. The number of hydrogen-bond donors (Lipinski definition) is 6. The number of anilines is 11. The Kier molecular flexibility index (Phi) is 24.3. The fraction of sp³-hybridized carbons (Fsp3) is 0.213. The van der Waals surface area contributed by atoms with E-state index in [2.05, 4.69) is 84.7 Å². The number of morpholine rings is 2. The van der Waals surface area contributed by atoms with Crippen LogP contribution in [0.15, 0.2) is 200 Å². The normalized spacial score (nSPS) is 15.3. The zero-order valence-electron chi connectivity index (χ0n) is 67.2. The fourth-order valence-electron chi connectivity index (χ4n) is 15.2. The molecule has 9 amide bonds. The molecule has 13 heterocycles. The van der Waals surface area contributed by atoms with Gasteiger partial charge in [-0.15, -0.1) is 45.3 Å². The maximum atomic E-state index is 14.1. The van der Waals surface area contributed by atoms with Gasteiger partial charge >= 0.3 is 24.3 Å². The second-order valence-corrected chi connectivity index (χ2v) is 34.3. The minimum absolute atomic E-state index is 0.0272. The van der Waals surface area contributed by atoms with E-state index in [0.717, 1.165) is 92.4 Å². The number of carbonyl (C=O) groups is 6. The number of alkyl halides is 3. The maximum Gasteiger partial charge on any atom is 0.416 e. The summed E-state index contributed by atoms with van der Waals surface area (Å²) in [5.41, 5.74) is 4.94. The van der Waals surface area contributed by atoms with E-state index in [1.54, 1.807) is 78.1 Å². The predicted molar refractivity (Wildman–Crippen MR) is 480 cm³/mol. The highest BCUT2D eigenvalue weighted by Gasteiger charge is 2.40. The summed E-state index contributed by atoms with van der Waals surface area (Å²) in [5.74, 6) is 2.98. The molecule has 0 atom stereocenters. The van der Waals surface area contributed by atoms with Crippen molar-refractivity contribution in [3.63, 3.8) is 0 Å². The first-order valence-electron chi connectivity index (χ1n) is 40.0. The summed E-state index contributed by atoms with van der Waals surface area (Å²) >= 11 is 11.6. The Hall–Kier alpha value is -13.1. The van der Waals surface area contributed by atoms with E-state index in [4.69, 9.17) is 35.3 Å². The van der Waals surface area contributed by atoms with E-state index >= 15 is 0 Å². The monoisotopic (exact) mass is 1790 g/mol. The third kappa shape index (κ3) is 18.1. The number of nitrogens with one attached hydrogen (secondary N) is 6. The summed E-state index contributed by atoms with van der Waals surface area (Å²) in [6.45, 7) is 10.6. The topological polar surface area (TPSA) is 318 Å². The van der Waals surface area contributed by atoms with Crippen LogP contribution in [0, 0.1) is 6.92 Å². The van der Waals surface area contributed by atoms with Crippen molar-refractivity contribution in [1.82, 2.24) is 49.9 Å². The molecule has 0 radical (unpaired) electrons. The van der Waals surface area contributed by atoms with E-state index in [1.165, 1.54) is 74.1 Å². The van der Waals surface area contributed by atoms with E-state index < -0.39 is 35.7 Å². The van der Waals surface area contributed by atoms with Crippen molar-refractivity contribution in [1.29, 1.82) is 0 Å². The van der Waals surface area contributed by atoms with Crippen LogP contribution >= 0.6 is 56.9 Å². The zero-order chi connectivity index (χ0) is 86.7. The minimum Gasteiger partial charge on any atom is -0.487 e. The number of aryl methyl sites for hydroxylation is 1. The number of thiophene rings is 4. The number of halogens is 4. The summed E-state index contributed by atoms with van der Waals surface area (Å²) in [7, 11) is 2.08. The van der Waals surface area contributed by atoms with Crippen LogP contribution < -0.4 is 60.8 Å². The molecule has 640 valence electrons. The molecule has 3 fully saturated rings. The molecule has 0 bridgehead atoms. The molecule has 20 rings (SSSR count). The van der Waals surface area contributed by atoms with Crippen molar-refractivity contribution in [3.8, 4) is 28.7 Å². The first-order chi connectivity index (χ1) is 61.2. The molecule has 3 saturated heterocycles. The molecule has 6 N–H and O–H groups in total. The Morgan fingerprint density at radius 1 is 0.508 bits per heavy atom. The molecule has 0 aliphatic carbocycles. The second-order valence-electron chi connectivity index (χ2n) is 29.9. The number of nitrogens with zero attached hydrogens (tertiary/aromatic N) is 12. The van der Waals surface area contributed by atoms with Crippen LogP contribution in [0.4, 0.5) is 90.5 Å². The predicted octanol–water partition coefficient (Wildman–Crippen LogP) is 19.3. The van der Waals surface area contributed by atoms with E-state index in [0.29, 0.717) is 147 Å². The highest BCUT2D eigenvalue weighted by molar-refractivity contribution is 7.22. The molecule has 7 aromatic heterocycles. The molecule has 0 unspecified atom stereocenters. The third-order valence-corrected chi connectivity index (χ3v) is 26.0. The van der Waals surface area contributed by atoms with E-state index in [-0.39, 0.29) is 52.0 Å². The number of hydrogen-bond acceptors (Lipinski definition) is 24. The lowest BCUT2D eigenvalue weighted by Crippen LogP contribution is -2.43. The number of rotatable bonds is 20. The average Bonchev–Trinajstić information content (AvgIpc) is 1.58. The van der Waals surface area contributed by atoms with Crippen molar-refractivity contribution in [2.45, 2.75) is 51.7 Å². The fourth-order valence-corrected chi connectivity index (χ4v) is 19.1. The number of benzene rings is 7. The number of aromatic nitrogens is 6. The van der Waals surface area contributed by atoms with Gasteiger partial charge in [-0.3, -0.25) is 24.2 Å². The number of para-hydroxylation sites is 2. The Labute approximate surface area is 738 Å². The second kappa shape index (κ2) is 36.6. The number of piperidine rings is 1. The largest absolute Gasteiger partial charge is 0.487 e. The Morgan fingerprint density at radius 3 is 1.40 bits per heavy atom. The smallest absolute Gasteiger partial charge is 0.416 e. The molecular formula is C89H76ClF3N18O11S4. The van der Waals surface area contributed by atoms with Crippen LogP contribution in [0.5, 0.6) is 28.7 Å². The molecule has 0 saturated carbocycles. The van der Waals surface area contributed by atoms with Crippen LogP contribution in [0.3, 0.4) is 0 Å². The number of carbonyl (C=O) groups excluding carboxylic acids is 6. The summed E-state index contributed by atoms with van der Waals surface area (Å²) in [5, 5.41) is 21.4. The standard InChI is InChI=1S/C32H25F3N6O4S.C32H28N6O4S.C25H23ClN6O3S2/c33-32(34,35)24-16-20(7-6-19(24)17-40-12-14-44-15-13-40)38-29(42)27-26-25-28(36-18-37-30(25)46-27)41(31(43)39-26)21-8-10-23(11-9-21)45-22-4-2-1-3-5-22;1-20-17-22(8-7-21(20)18-37-13-15-41-16-14-37)35-30(39)28-27-26-29(33-19-34-31(26)43-28)38(32(40)36-27)23-9-11-25(12-10-23)42-24-5-3-2-4-6-24;1-31-8-6-14(7-9-31)29-23(33)21-20-19-22(27-13-28-24(19)37-21)32(25(34)30-20)15-4-5-18(17(26)11-15)35-12-16-3-2-10-36-16/h1-11,16,18H,12-15,17H2,(H,38,42)(H,39,43);2-12,17,19H,13-16,18H2,1H3,(H,35,39)(H,36,40);2-5,10-11,13-14H,6-9,12H2,1H3,(H,29,33)(H,30,34). The van der Waals surface area contributed by atoms with Crippen molar-refractivity contribution >= 4 is 186 Å². The summed E-state index contributed by atoms with van der Waals surface area (Å²) in [4.78, 5) is 121. The van der Waals surface area contributed by atoms with Gasteiger partial charge in [-0.25, -0.2) is 59.0 Å². The lowest BCUT2D eigenvalue weighted by atomic mass is 10.0. The quantitative estimate of drug-likeness (QED) is 0.0413. The van der Waals surface area contributed by atoms with Crippen molar-refractivity contribution in [3.05, 3.63) is 247 Å². The number of urea groups is 3. The lowest BCUT2D eigenvalue weighted by molar-refractivity contribution is -0.138. The van der Waals surface area contributed by atoms with Gasteiger partial charge in [0.15, 0.2) is 17.5 Å². The van der Waals surface area contributed by atoms with Gasteiger partial charge < -0.3 is 60.5 Å². The Morgan fingerprint density at radius 2 is 0.944 bits per heavy atom. The van der Waals surface area contributed by atoms with Crippen molar-refractivity contribution in [2.24, 2.45) is 0 Å². The number of amides is 9. The SMILES string of the molecule is CN1CCC(NC(=O)c2sc3ncnc4c3c2NC(=O)N4c2ccc(OCc3cccs3)c(Cl)c2)CC1.Cc1cc(NC(=O)c2sc3ncnc4c3c2NC(=O)N4c2ccc(Oc3ccccc3)cc2)ccc1CN1CCOCC1.O=C(Nc1ccc(CN2CCOCC2)c(C(F)(F)F)c1)c1sc2ncnc3c2c1NC(=O)N3c1ccc(Oc2ccccc2)cc1. The van der Waals surface area contributed by atoms with Crippen LogP contribution in [0.25, 0.3) is 30.6 Å². The van der Waals surface area contributed by atoms with Crippen molar-refractivity contribution in [2.75, 3.05) is 114 Å². The number of ether oxygens (including phenoxy) is 5. The zero-order valence-corrected chi connectivity index (χ0v) is 71.3. The molecule has 6 aliphatic rings. The summed E-state index contributed by atoms with van der Waals surface area (Å²) in [6.07, 6.45) is 1.26. The molecular weight excluding hydrogens is 1720 g/mol. The van der Waals surface area contributed by atoms with Gasteiger partial charge in [-0.05, 0) is 183 Å². The van der Waals surface area contributed by atoms with Gasteiger partial charge in [-0.2, -0.15) is 13.2 Å². The van der Waals surface area contributed by atoms with Gasteiger partial charge in [0, 0.05) is 61.6 Å². The Balaban J connectivity index is 0.000000129. The molecule has 37 heteroatoms. The van der Waals surface area contributed by atoms with Gasteiger partial charge in [0.2, 0.25) is 0 Å². The van der Waals surface area contributed by atoms with Crippen LogP contribution in [0.2, 0.25) is 5.02 Å². The van der Waals surface area contributed by atoms with Crippen molar-refractivity contribution < 1.29 is 65.6 Å². The van der Waals surface area contributed by atoms with E-state index in [1.807, 2.05) is 102 Å². The van der Waals surface area contributed by atoms with Gasteiger partial charge in [0.05, 0.1) is 87.3 Å². The minimum atomic E-state index is -4.63. The Bertz CT molecular complexity index is 6460. The van der Waals surface area contributed by atoms with Gasteiger partial charge in [0.25, 0.3) is 17.7 Å². The summed E-state index contributed by atoms with van der Waals surface area (Å²) in [6, 6.07) is 50.3. The van der Waals surface area contributed by atoms with E-state index in [9.17, 15) is 41.9 Å². The highest BCUT2D eigenvalue weighted by Crippen LogP contribution is 2.50. The lowest BCUT2D eigenvalue weighted by Gasteiger charge is -2.30. The van der Waals surface area contributed by atoms with Gasteiger partial charge in [0.1, 0.15) is 83.5 Å². The van der Waals surface area contributed by atoms with Gasteiger partial charge in [-0.1, -0.05) is 66.2 Å². The third-order valence-electron chi connectivity index (χ3n) is 21.6. The first kappa shape index (κ1) is 83.7. The van der Waals surface area contributed by atoms with Crippen LogP contribution in [-0.2, 0) is 35.3 Å². The maximum absolute atomic E-state index is 14.1. The molecule has 6 aliphatic heterocycles. The average molecular weight is 1790 g/mol. The summed E-state index contributed by atoms with van der Waals surface area (Å²) < 4.78 is 70.5. The van der Waals surface area contributed by atoms with Crippen LogP contribution in [-0.4, -0.2) is 159 Å². The van der Waals surface area contributed by atoms with Crippen LogP contribution in [0.1, 0.15) is 69.0 Å². The molecule has 29 nitrogen and oxygen atoms in total. The number of likely N-dealkylation sites (tertiary alicyclic amines) is 1. The highest BCUT2D eigenvalue weighted by atomic mass is 35.5. The molecule has 7 aromatic carbocycles. The molecule has 14 aromatic rings.